The van der Waals surface area contributed by atoms with E-state index in [1.807, 2.05) is 36.4 Å². The van der Waals surface area contributed by atoms with Gasteiger partial charge in [0.1, 0.15) is 5.75 Å². The molecule has 3 rings (SSSR count). The second-order valence-corrected chi connectivity index (χ2v) is 5.70. The number of para-hydroxylation sites is 2. The summed E-state index contributed by atoms with van der Waals surface area (Å²) < 4.78 is 12.5. The number of benzene rings is 2. The molecule has 0 saturated carbocycles. The van der Waals surface area contributed by atoms with Crippen molar-refractivity contribution in [2.24, 2.45) is 0 Å². The van der Waals surface area contributed by atoms with Crippen LogP contribution in [0.15, 0.2) is 46.9 Å². The summed E-state index contributed by atoms with van der Waals surface area (Å²) in [6, 6.07) is 13.8. The van der Waals surface area contributed by atoms with Crippen molar-refractivity contribution in [2.45, 2.75) is 12.3 Å². The SMILES string of the molecule is Nc1cccc(Br)c1OCC1CCOc2ccccc21. The van der Waals surface area contributed by atoms with Crippen LogP contribution >= 0.6 is 15.9 Å². The number of fused-ring (bicyclic) bond motifs is 1. The molecule has 0 fully saturated rings. The van der Waals surface area contributed by atoms with E-state index in [0.29, 0.717) is 18.2 Å². The van der Waals surface area contributed by atoms with E-state index in [9.17, 15) is 0 Å². The quantitative estimate of drug-likeness (QED) is 0.864. The lowest BCUT2D eigenvalue weighted by molar-refractivity contribution is 0.217. The summed E-state index contributed by atoms with van der Waals surface area (Å²) in [7, 11) is 0. The minimum absolute atomic E-state index is 0.339. The largest absolute Gasteiger partial charge is 0.493 e. The van der Waals surface area contributed by atoms with Gasteiger partial charge in [0.05, 0.1) is 23.4 Å². The average Bonchev–Trinajstić information content (AvgIpc) is 2.47. The first-order chi connectivity index (χ1) is 9.75. The van der Waals surface area contributed by atoms with Crippen LogP contribution in [-0.4, -0.2) is 13.2 Å². The highest BCUT2D eigenvalue weighted by molar-refractivity contribution is 9.10. The molecule has 0 aromatic heterocycles. The van der Waals surface area contributed by atoms with E-state index >= 15 is 0 Å². The summed E-state index contributed by atoms with van der Waals surface area (Å²) >= 11 is 3.47. The van der Waals surface area contributed by atoms with Crippen LogP contribution in [0.2, 0.25) is 0 Å². The van der Waals surface area contributed by atoms with E-state index in [1.54, 1.807) is 0 Å². The smallest absolute Gasteiger partial charge is 0.156 e. The molecule has 2 N–H and O–H groups in total. The molecule has 0 aliphatic carbocycles. The van der Waals surface area contributed by atoms with Gasteiger partial charge in [-0.25, -0.2) is 0 Å². The average molecular weight is 334 g/mol. The van der Waals surface area contributed by atoms with Gasteiger partial charge in [0.2, 0.25) is 0 Å². The minimum atomic E-state index is 0.339. The lowest BCUT2D eigenvalue weighted by atomic mass is 9.94. The molecule has 1 aliphatic heterocycles. The maximum absolute atomic E-state index is 5.95. The molecule has 1 atom stereocenters. The summed E-state index contributed by atoms with van der Waals surface area (Å²) in [5.41, 5.74) is 7.82. The van der Waals surface area contributed by atoms with Crippen LogP contribution in [0, 0.1) is 0 Å². The molecule has 20 heavy (non-hydrogen) atoms. The van der Waals surface area contributed by atoms with Crippen LogP contribution in [0.1, 0.15) is 17.9 Å². The van der Waals surface area contributed by atoms with Crippen molar-refractivity contribution in [3.8, 4) is 11.5 Å². The molecule has 1 aliphatic rings. The summed E-state index contributed by atoms with van der Waals surface area (Å²) in [6.07, 6.45) is 0.960. The Bertz CT molecular complexity index is 595. The summed E-state index contributed by atoms with van der Waals surface area (Å²) in [4.78, 5) is 0. The van der Waals surface area contributed by atoms with Gasteiger partial charge in [-0.15, -0.1) is 0 Å². The van der Waals surface area contributed by atoms with Crippen molar-refractivity contribution in [1.29, 1.82) is 0 Å². The molecule has 0 radical (unpaired) electrons. The Hall–Kier alpha value is -1.68. The third kappa shape index (κ3) is 2.61. The maximum Gasteiger partial charge on any atom is 0.156 e. The predicted molar refractivity (Wildman–Crippen MR) is 83.3 cm³/mol. The molecule has 1 unspecified atom stereocenters. The number of rotatable bonds is 3. The first-order valence-electron chi connectivity index (χ1n) is 6.64. The molecular formula is C16H16BrNO2. The van der Waals surface area contributed by atoms with Crippen molar-refractivity contribution >= 4 is 21.6 Å². The Kier molecular flexibility index (Phi) is 3.83. The predicted octanol–water partition coefficient (Wildman–Crippen LogP) is 3.98. The molecule has 4 heteroatoms. The van der Waals surface area contributed by atoms with Crippen molar-refractivity contribution in [3.63, 3.8) is 0 Å². The Labute approximate surface area is 126 Å². The Balaban J connectivity index is 1.77. The number of anilines is 1. The Morgan fingerprint density at radius 2 is 2.05 bits per heavy atom. The van der Waals surface area contributed by atoms with Crippen LogP contribution < -0.4 is 15.2 Å². The van der Waals surface area contributed by atoms with Gasteiger partial charge in [0.25, 0.3) is 0 Å². The van der Waals surface area contributed by atoms with Crippen molar-refractivity contribution < 1.29 is 9.47 Å². The first-order valence-corrected chi connectivity index (χ1v) is 7.43. The summed E-state index contributed by atoms with van der Waals surface area (Å²) in [5.74, 6) is 2.02. The van der Waals surface area contributed by atoms with Crippen LogP contribution in [0.5, 0.6) is 11.5 Å². The molecule has 0 saturated heterocycles. The molecule has 3 nitrogen and oxygen atoms in total. The highest BCUT2D eigenvalue weighted by Crippen LogP contribution is 2.36. The van der Waals surface area contributed by atoms with E-state index in [2.05, 4.69) is 22.0 Å². The Morgan fingerprint density at radius 1 is 1.20 bits per heavy atom. The summed E-state index contributed by atoms with van der Waals surface area (Å²) in [6.45, 7) is 1.34. The summed E-state index contributed by atoms with van der Waals surface area (Å²) in [5, 5.41) is 0. The number of hydrogen-bond acceptors (Lipinski definition) is 3. The first kappa shape index (κ1) is 13.3. The molecule has 2 aromatic rings. The second-order valence-electron chi connectivity index (χ2n) is 4.84. The Morgan fingerprint density at radius 3 is 2.90 bits per heavy atom. The third-order valence-corrected chi connectivity index (χ3v) is 4.13. The normalized spacial score (nSPS) is 17.1. The molecule has 0 spiro atoms. The molecule has 104 valence electrons. The zero-order chi connectivity index (χ0) is 13.9. The fraction of sp³-hybridized carbons (Fsp3) is 0.250. The van der Waals surface area contributed by atoms with Gasteiger partial charge < -0.3 is 15.2 Å². The zero-order valence-electron chi connectivity index (χ0n) is 11.0. The lowest BCUT2D eigenvalue weighted by Crippen LogP contribution is -2.19. The molecule has 0 amide bonds. The highest BCUT2D eigenvalue weighted by atomic mass is 79.9. The maximum atomic E-state index is 5.95. The third-order valence-electron chi connectivity index (χ3n) is 3.51. The number of nitrogen functional groups attached to an aromatic ring is 1. The topological polar surface area (TPSA) is 44.5 Å². The fourth-order valence-electron chi connectivity index (χ4n) is 2.45. The lowest BCUT2D eigenvalue weighted by Gasteiger charge is -2.26. The number of hydrogen-bond donors (Lipinski definition) is 1. The second kappa shape index (κ2) is 5.75. The van der Waals surface area contributed by atoms with E-state index in [4.69, 9.17) is 15.2 Å². The van der Waals surface area contributed by atoms with Crippen molar-refractivity contribution in [2.75, 3.05) is 18.9 Å². The number of halogens is 1. The molecule has 1 heterocycles. The highest BCUT2D eigenvalue weighted by Gasteiger charge is 2.22. The van der Waals surface area contributed by atoms with Crippen LogP contribution in [-0.2, 0) is 0 Å². The van der Waals surface area contributed by atoms with Gasteiger partial charge in [0.15, 0.2) is 5.75 Å². The van der Waals surface area contributed by atoms with Crippen molar-refractivity contribution in [1.82, 2.24) is 0 Å². The standard InChI is InChI=1S/C16H16BrNO2/c17-13-5-3-6-14(18)16(13)20-10-11-8-9-19-15-7-2-1-4-12(11)15/h1-7,11H,8-10,18H2. The van der Waals surface area contributed by atoms with Gasteiger partial charge >= 0.3 is 0 Å². The van der Waals surface area contributed by atoms with Gasteiger partial charge in [-0.2, -0.15) is 0 Å². The van der Waals surface area contributed by atoms with Gasteiger partial charge in [-0.1, -0.05) is 24.3 Å². The number of ether oxygens (including phenoxy) is 2. The van der Waals surface area contributed by atoms with Gasteiger partial charge in [-0.3, -0.25) is 0 Å². The minimum Gasteiger partial charge on any atom is -0.493 e. The van der Waals surface area contributed by atoms with Gasteiger partial charge in [0, 0.05) is 11.5 Å². The molecular weight excluding hydrogens is 318 g/mol. The molecule has 0 bridgehead atoms. The van der Waals surface area contributed by atoms with E-state index in [-0.39, 0.29) is 0 Å². The molecule has 2 aromatic carbocycles. The number of nitrogens with two attached hydrogens (primary N) is 1. The monoisotopic (exact) mass is 333 g/mol. The van der Waals surface area contributed by atoms with Crippen LogP contribution in [0.4, 0.5) is 5.69 Å². The zero-order valence-corrected chi connectivity index (χ0v) is 12.6. The van der Waals surface area contributed by atoms with E-state index in [1.165, 1.54) is 5.56 Å². The van der Waals surface area contributed by atoms with E-state index < -0.39 is 0 Å². The van der Waals surface area contributed by atoms with E-state index in [0.717, 1.165) is 29.0 Å². The van der Waals surface area contributed by atoms with Crippen LogP contribution in [0.25, 0.3) is 0 Å². The van der Waals surface area contributed by atoms with Crippen molar-refractivity contribution in [3.05, 3.63) is 52.5 Å². The van der Waals surface area contributed by atoms with Gasteiger partial charge in [-0.05, 0) is 40.5 Å². The fourth-order valence-corrected chi connectivity index (χ4v) is 2.95. The van der Waals surface area contributed by atoms with Crippen LogP contribution in [0.3, 0.4) is 0 Å².